The van der Waals surface area contributed by atoms with E-state index >= 15 is 0 Å². The quantitative estimate of drug-likeness (QED) is 0.133. The summed E-state index contributed by atoms with van der Waals surface area (Å²) in [6.07, 6.45) is 0. The number of nitrogen functional groups attached to an aromatic ring is 3. The normalized spacial score (nSPS) is 8.88. The van der Waals surface area contributed by atoms with Gasteiger partial charge in [-0.05, 0) is 12.1 Å². The van der Waals surface area contributed by atoms with Gasteiger partial charge in [0.25, 0.3) is 11.8 Å². The number of amides is 2. The average Bonchev–Trinajstić information content (AvgIpc) is 2.26. The minimum atomic E-state index is -0.647. The minimum absolute atomic E-state index is 0. The summed E-state index contributed by atoms with van der Waals surface area (Å²) in [7, 11) is 0. The molecule has 0 aliphatic carbocycles. The summed E-state index contributed by atoms with van der Waals surface area (Å²) in [6, 6.07) is 4.44. The summed E-state index contributed by atoms with van der Waals surface area (Å²) in [5.41, 5.74) is 9.59. The standard InChI is InChI=1S/C8H11N5O2.Na/c9-5-3-1-2-4(7(14)12-10)6(5)8(15)13-11;/h1-3H,9-11H2,(H,12,14)(H,13,15);. The Morgan fingerprint density at radius 3 is 2.12 bits per heavy atom. The third kappa shape index (κ3) is 2.94. The van der Waals surface area contributed by atoms with Gasteiger partial charge < -0.3 is 5.73 Å². The summed E-state index contributed by atoms with van der Waals surface area (Å²) >= 11 is 0. The smallest absolute Gasteiger partial charge is 0.268 e. The van der Waals surface area contributed by atoms with Crippen LogP contribution in [-0.4, -0.2) is 41.4 Å². The summed E-state index contributed by atoms with van der Waals surface area (Å²) in [4.78, 5) is 22.6. The number of hydrogen-bond donors (Lipinski definition) is 5. The minimum Gasteiger partial charge on any atom is -0.398 e. The number of carbonyl (C=O) groups is 2. The van der Waals surface area contributed by atoms with Crippen molar-refractivity contribution < 1.29 is 9.59 Å². The Bertz CT molecular complexity index is 409. The molecule has 8 heteroatoms. The van der Waals surface area contributed by atoms with Gasteiger partial charge in [-0.1, -0.05) is 6.07 Å². The molecule has 81 valence electrons. The molecule has 1 aromatic rings. The van der Waals surface area contributed by atoms with Crippen LogP contribution >= 0.6 is 0 Å². The third-order valence-electron chi connectivity index (χ3n) is 1.83. The SMILES string of the molecule is NNC(=O)c1cccc(N)c1C(=O)NN.[Na]. The average molecular weight is 232 g/mol. The van der Waals surface area contributed by atoms with Gasteiger partial charge in [-0.2, -0.15) is 0 Å². The zero-order chi connectivity index (χ0) is 11.4. The van der Waals surface area contributed by atoms with Gasteiger partial charge in [-0.3, -0.25) is 20.4 Å². The van der Waals surface area contributed by atoms with Gasteiger partial charge in [0.15, 0.2) is 0 Å². The number of nitrogens with two attached hydrogens (primary N) is 3. The Balaban J connectivity index is 0.00000225. The van der Waals surface area contributed by atoms with E-state index in [1.54, 1.807) is 0 Å². The first-order chi connectivity index (χ1) is 7.11. The number of nitrogens with one attached hydrogen (secondary N) is 2. The molecule has 0 heterocycles. The fraction of sp³-hybridized carbons (Fsp3) is 0. The number of hydrazine groups is 2. The van der Waals surface area contributed by atoms with Crippen molar-refractivity contribution in [2.24, 2.45) is 11.7 Å². The second-order valence-electron chi connectivity index (χ2n) is 2.72. The molecule has 0 aliphatic heterocycles. The third-order valence-corrected chi connectivity index (χ3v) is 1.83. The largest absolute Gasteiger partial charge is 0.398 e. The molecule has 2 amide bonds. The second kappa shape index (κ2) is 6.46. The molecule has 1 rings (SSSR count). The van der Waals surface area contributed by atoms with Crippen LogP contribution in [0.15, 0.2) is 18.2 Å². The van der Waals surface area contributed by atoms with E-state index in [0.717, 1.165) is 0 Å². The van der Waals surface area contributed by atoms with Crippen molar-refractivity contribution in [2.75, 3.05) is 5.73 Å². The number of anilines is 1. The Hall–Kier alpha value is -1.12. The maximum absolute atomic E-state index is 11.3. The summed E-state index contributed by atoms with van der Waals surface area (Å²) in [5, 5.41) is 0. The predicted molar refractivity (Wildman–Crippen MR) is 59.9 cm³/mol. The molecule has 0 aromatic heterocycles. The van der Waals surface area contributed by atoms with Gasteiger partial charge in [0.2, 0.25) is 0 Å². The van der Waals surface area contributed by atoms with Crippen molar-refractivity contribution in [3.63, 3.8) is 0 Å². The van der Waals surface area contributed by atoms with Gasteiger partial charge >= 0.3 is 0 Å². The van der Waals surface area contributed by atoms with Gasteiger partial charge in [-0.25, -0.2) is 11.7 Å². The van der Waals surface area contributed by atoms with Crippen LogP contribution in [0.4, 0.5) is 5.69 Å². The van der Waals surface area contributed by atoms with E-state index in [1.807, 2.05) is 10.9 Å². The number of rotatable bonds is 2. The van der Waals surface area contributed by atoms with Crippen molar-refractivity contribution in [1.29, 1.82) is 0 Å². The van der Waals surface area contributed by atoms with Crippen LogP contribution < -0.4 is 28.3 Å². The number of hydrogen-bond acceptors (Lipinski definition) is 5. The fourth-order valence-electron chi connectivity index (χ4n) is 1.16. The van der Waals surface area contributed by atoms with E-state index in [0.29, 0.717) is 0 Å². The van der Waals surface area contributed by atoms with Crippen LogP contribution in [0, 0.1) is 0 Å². The monoisotopic (exact) mass is 232 g/mol. The van der Waals surface area contributed by atoms with Gasteiger partial charge in [-0.15, -0.1) is 0 Å². The van der Waals surface area contributed by atoms with E-state index in [4.69, 9.17) is 17.4 Å². The molecule has 8 N–H and O–H groups in total. The van der Waals surface area contributed by atoms with Crippen LogP contribution in [0.5, 0.6) is 0 Å². The molecular formula is C8H11N5NaO2. The Morgan fingerprint density at radius 1 is 1.06 bits per heavy atom. The summed E-state index contributed by atoms with van der Waals surface area (Å²) in [6.45, 7) is 0. The van der Waals surface area contributed by atoms with Crippen molar-refractivity contribution in [3.8, 4) is 0 Å². The summed E-state index contributed by atoms with van der Waals surface area (Å²) in [5.74, 6) is 8.67. The van der Waals surface area contributed by atoms with E-state index < -0.39 is 11.8 Å². The molecule has 0 saturated heterocycles. The molecule has 0 bridgehead atoms. The van der Waals surface area contributed by atoms with Crippen molar-refractivity contribution in [2.45, 2.75) is 0 Å². The molecule has 16 heavy (non-hydrogen) atoms. The van der Waals surface area contributed by atoms with Gasteiger partial charge in [0.1, 0.15) is 0 Å². The Kier molecular flexibility index (Phi) is 6.01. The molecule has 0 fully saturated rings. The maximum Gasteiger partial charge on any atom is 0.268 e. The molecule has 0 saturated carbocycles. The molecule has 0 atom stereocenters. The molecule has 0 spiro atoms. The Labute approximate surface area is 114 Å². The van der Waals surface area contributed by atoms with Crippen molar-refractivity contribution in [1.82, 2.24) is 10.9 Å². The van der Waals surface area contributed by atoms with E-state index in [-0.39, 0.29) is 46.4 Å². The number of carbonyl (C=O) groups excluding carboxylic acids is 2. The molecule has 0 unspecified atom stereocenters. The van der Waals surface area contributed by atoms with E-state index in [1.165, 1.54) is 18.2 Å². The molecule has 0 aliphatic rings. The second-order valence-corrected chi connectivity index (χ2v) is 2.72. The van der Waals surface area contributed by atoms with Crippen LogP contribution in [0.3, 0.4) is 0 Å². The number of benzene rings is 1. The van der Waals surface area contributed by atoms with Crippen LogP contribution in [0.2, 0.25) is 0 Å². The topological polar surface area (TPSA) is 136 Å². The molecular weight excluding hydrogens is 221 g/mol. The van der Waals surface area contributed by atoms with Crippen LogP contribution in [-0.2, 0) is 0 Å². The van der Waals surface area contributed by atoms with E-state index in [9.17, 15) is 9.59 Å². The zero-order valence-electron chi connectivity index (χ0n) is 8.78. The van der Waals surface area contributed by atoms with E-state index in [2.05, 4.69) is 0 Å². The molecule has 7 nitrogen and oxygen atoms in total. The maximum atomic E-state index is 11.3. The zero-order valence-corrected chi connectivity index (χ0v) is 10.8. The fourth-order valence-corrected chi connectivity index (χ4v) is 1.16. The Morgan fingerprint density at radius 2 is 1.62 bits per heavy atom. The van der Waals surface area contributed by atoms with Crippen molar-refractivity contribution in [3.05, 3.63) is 29.3 Å². The first kappa shape index (κ1) is 14.9. The molecule has 1 radical (unpaired) electrons. The van der Waals surface area contributed by atoms with Crippen molar-refractivity contribution >= 4 is 47.1 Å². The van der Waals surface area contributed by atoms with Gasteiger partial charge in [0.05, 0.1) is 11.1 Å². The molecule has 1 aromatic carbocycles. The first-order valence-corrected chi connectivity index (χ1v) is 4.02. The van der Waals surface area contributed by atoms with Crippen LogP contribution in [0.25, 0.3) is 0 Å². The predicted octanol–water partition coefficient (Wildman–Crippen LogP) is -1.90. The van der Waals surface area contributed by atoms with Gasteiger partial charge in [0, 0.05) is 35.2 Å². The summed E-state index contributed by atoms with van der Waals surface area (Å²) < 4.78 is 0. The first-order valence-electron chi connectivity index (χ1n) is 4.02. The van der Waals surface area contributed by atoms with Crippen LogP contribution in [0.1, 0.15) is 20.7 Å².